The first-order valence-electron chi connectivity index (χ1n) is 7.51. The highest BCUT2D eigenvalue weighted by Crippen LogP contribution is 2.23. The number of hydrogen-bond donors (Lipinski definition) is 1. The molecule has 0 unspecified atom stereocenters. The van der Waals surface area contributed by atoms with E-state index in [1.54, 1.807) is 4.90 Å². The Labute approximate surface area is 142 Å². The number of nitrogens with one attached hydrogen (secondary N) is 1. The summed E-state index contributed by atoms with van der Waals surface area (Å²) in [6, 6.07) is 6.65. The van der Waals surface area contributed by atoms with Crippen LogP contribution in [0, 0.1) is 0 Å². The average molecular weight is 344 g/mol. The highest BCUT2D eigenvalue weighted by atomic mass is 32.1. The van der Waals surface area contributed by atoms with Crippen LogP contribution in [-0.2, 0) is 6.54 Å². The van der Waals surface area contributed by atoms with Crippen LogP contribution in [0.1, 0.15) is 29.6 Å². The van der Waals surface area contributed by atoms with Gasteiger partial charge in [-0.1, -0.05) is 13.0 Å². The molecule has 7 nitrogen and oxygen atoms in total. The average Bonchev–Trinajstić information content (AvgIpc) is 3.26. The number of hydrogen-bond acceptors (Lipinski definition) is 6. The van der Waals surface area contributed by atoms with Gasteiger partial charge in [0.2, 0.25) is 11.4 Å². The molecule has 0 saturated carbocycles. The molecule has 0 aliphatic carbocycles. The zero-order valence-corrected chi connectivity index (χ0v) is 13.9. The van der Waals surface area contributed by atoms with E-state index in [2.05, 4.69) is 15.2 Å². The summed E-state index contributed by atoms with van der Waals surface area (Å²) in [5, 5.41) is 9.98. The van der Waals surface area contributed by atoms with Crippen LogP contribution >= 0.6 is 11.3 Å². The van der Waals surface area contributed by atoms with Crippen LogP contribution in [0.4, 0.5) is 0 Å². The summed E-state index contributed by atoms with van der Waals surface area (Å²) < 4.78 is 5.65. The lowest BCUT2D eigenvalue weighted by Crippen LogP contribution is -2.31. The molecule has 0 atom stereocenters. The summed E-state index contributed by atoms with van der Waals surface area (Å²) in [5.41, 5.74) is 0.173. The zero-order valence-electron chi connectivity index (χ0n) is 13.1. The summed E-state index contributed by atoms with van der Waals surface area (Å²) in [6.45, 7) is 2.76. The molecule has 0 fully saturated rings. The molecule has 0 radical (unpaired) electrons. The normalized spacial score (nSPS) is 10.7. The second-order valence-corrected chi connectivity index (χ2v) is 6.09. The maximum Gasteiger partial charge on any atom is 0.257 e. The van der Waals surface area contributed by atoms with Crippen molar-refractivity contribution in [3.05, 3.63) is 57.7 Å². The van der Waals surface area contributed by atoms with Crippen molar-refractivity contribution in [3.63, 3.8) is 0 Å². The topological polar surface area (TPSA) is 92.1 Å². The molecule has 3 heterocycles. The van der Waals surface area contributed by atoms with Gasteiger partial charge in [0.1, 0.15) is 0 Å². The number of rotatable bonds is 6. The van der Waals surface area contributed by atoms with Crippen LogP contribution in [0.2, 0.25) is 0 Å². The van der Waals surface area contributed by atoms with Crippen LogP contribution in [0.5, 0.6) is 0 Å². The SMILES string of the molecule is CCCN(Cc1nnc(-c2cccs2)o1)C(=O)c1ccc(=O)[nH]c1. The van der Waals surface area contributed by atoms with E-state index in [1.165, 1.54) is 29.7 Å². The quantitative estimate of drug-likeness (QED) is 0.742. The number of carbonyl (C=O) groups is 1. The maximum atomic E-state index is 12.6. The Morgan fingerprint density at radius 3 is 2.88 bits per heavy atom. The van der Waals surface area contributed by atoms with E-state index in [-0.39, 0.29) is 18.0 Å². The van der Waals surface area contributed by atoms with Gasteiger partial charge in [0.05, 0.1) is 17.0 Å². The molecule has 124 valence electrons. The molecule has 3 aromatic rings. The van der Waals surface area contributed by atoms with Gasteiger partial charge in [0, 0.05) is 18.8 Å². The summed E-state index contributed by atoms with van der Waals surface area (Å²) in [6.07, 6.45) is 2.21. The molecule has 0 spiro atoms. The van der Waals surface area contributed by atoms with Gasteiger partial charge in [-0.3, -0.25) is 9.59 Å². The molecular formula is C16H16N4O3S. The predicted molar refractivity (Wildman–Crippen MR) is 89.7 cm³/mol. The third-order valence-corrected chi connectivity index (χ3v) is 4.19. The van der Waals surface area contributed by atoms with Crippen LogP contribution in [-0.4, -0.2) is 32.5 Å². The highest BCUT2D eigenvalue weighted by molar-refractivity contribution is 7.13. The molecule has 0 aliphatic rings. The Morgan fingerprint density at radius 1 is 1.33 bits per heavy atom. The Kier molecular flexibility index (Phi) is 4.85. The Bertz CT molecular complexity index is 849. The van der Waals surface area contributed by atoms with Crippen molar-refractivity contribution in [3.8, 4) is 10.8 Å². The van der Waals surface area contributed by atoms with Crippen LogP contribution in [0.3, 0.4) is 0 Å². The lowest BCUT2D eigenvalue weighted by molar-refractivity contribution is 0.0728. The van der Waals surface area contributed by atoms with Gasteiger partial charge in [-0.05, 0) is 23.9 Å². The van der Waals surface area contributed by atoms with Gasteiger partial charge in [0.15, 0.2) is 0 Å². The molecular weight excluding hydrogens is 328 g/mol. The summed E-state index contributed by atoms with van der Waals surface area (Å²) >= 11 is 1.51. The highest BCUT2D eigenvalue weighted by Gasteiger charge is 2.19. The number of aromatic amines is 1. The van der Waals surface area contributed by atoms with Crippen molar-refractivity contribution in [2.75, 3.05) is 6.54 Å². The standard InChI is InChI=1S/C16H16N4O3S/c1-2-7-20(16(22)11-5-6-13(21)17-9-11)10-14-18-19-15(23-14)12-4-3-8-24-12/h3-6,8-9H,2,7,10H2,1H3,(H,17,21). The lowest BCUT2D eigenvalue weighted by atomic mass is 10.2. The minimum absolute atomic E-state index is 0.191. The summed E-state index contributed by atoms with van der Waals surface area (Å²) in [7, 11) is 0. The molecule has 1 N–H and O–H groups in total. The second-order valence-electron chi connectivity index (χ2n) is 5.15. The van der Waals surface area contributed by atoms with E-state index in [9.17, 15) is 9.59 Å². The van der Waals surface area contributed by atoms with Crippen LogP contribution in [0.25, 0.3) is 10.8 Å². The van der Waals surface area contributed by atoms with E-state index in [0.717, 1.165) is 11.3 Å². The molecule has 0 aromatic carbocycles. The molecule has 0 saturated heterocycles. The summed E-state index contributed by atoms with van der Waals surface area (Å²) in [4.78, 5) is 28.8. The number of pyridine rings is 1. The number of carbonyl (C=O) groups excluding carboxylic acids is 1. The fourth-order valence-corrected chi connectivity index (χ4v) is 2.87. The predicted octanol–water partition coefficient (Wildman–Crippen LogP) is 2.54. The van der Waals surface area contributed by atoms with Crippen molar-refractivity contribution >= 4 is 17.2 Å². The minimum atomic E-state index is -0.244. The van der Waals surface area contributed by atoms with Gasteiger partial charge < -0.3 is 14.3 Å². The molecule has 8 heteroatoms. The number of aromatic nitrogens is 3. The van der Waals surface area contributed by atoms with E-state index in [0.29, 0.717) is 23.9 Å². The third kappa shape index (κ3) is 3.60. The largest absolute Gasteiger partial charge is 0.418 e. The second kappa shape index (κ2) is 7.22. The van der Waals surface area contributed by atoms with Crippen molar-refractivity contribution in [2.24, 2.45) is 0 Å². The lowest BCUT2D eigenvalue weighted by Gasteiger charge is -2.20. The van der Waals surface area contributed by atoms with Crippen LogP contribution in [0.15, 0.2) is 45.1 Å². The molecule has 1 amide bonds. The zero-order chi connectivity index (χ0) is 16.9. The van der Waals surface area contributed by atoms with Crippen LogP contribution < -0.4 is 5.56 Å². The van der Waals surface area contributed by atoms with Crippen molar-refractivity contribution in [2.45, 2.75) is 19.9 Å². The first-order valence-corrected chi connectivity index (χ1v) is 8.39. The molecule has 0 bridgehead atoms. The molecule has 24 heavy (non-hydrogen) atoms. The van der Waals surface area contributed by atoms with Gasteiger partial charge in [-0.25, -0.2) is 0 Å². The van der Waals surface area contributed by atoms with E-state index >= 15 is 0 Å². The summed E-state index contributed by atoms with van der Waals surface area (Å²) in [5.74, 6) is 0.640. The monoisotopic (exact) mass is 344 g/mol. The van der Waals surface area contributed by atoms with Gasteiger partial charge in [-0.2, -0.15) is 0 Å². The van der Waals surface area contributed by atoms with Crippen molar-refractivity contribution in [1.29, 1.82) is 0 Å². The number of thiophene rings is 1. The first kappa shape index (κ1) is 16.1. The fraction of sp³-hybridized carbons (Fsp3) is 0.250. The minimum Gasteiger partial charge on any atom is -0.418 e. The fourth-order valence-electron chi connectivity index (χ4n) is 2.23. The van der Waals surface area contributed by atoms with E-state index < -0.39 is 0 Å². The Hall–Kier alpha value is -2.74. The van der Waals surface area contributed by atoms with E-state index in [1.807, 2.05) is 24.4 Å². The number of amides is 1. The molecule has 3 aromatic heterocycles. The molecule has 0 aliphatic heterocycles. The van der Waals surface area contributed by atoms with E-state index in [4.69, 9.17) is 4.42 Å². The first-order chi connectivity index (χ1) is 11.7. The van der Waals surface area contributed by atoms with Gasteiger partial charge >= 0.3 is 0 Å². The smallest absolute Gasteiger partial charge is 0.257 e. The Morgan fingerprint density at radius 2 is 2.21 bits per heavy atom. The van der Waals surface area contributed by atoms with Gasteiger partial charge in [-0.15, -0.1) is 21.5 Å². The maximum absolute atomic E-state index is 12.6. The van der Waals surface area contributed by atoms with Crippen molar-refractivity contribution in [1.82, 2.24) is 20.1 Å². The Balaban J connectivity index is 1.77. The third-order valence-electron chi connectivity index (χ3n) is 3.34. The number of H-pyrrole nitrogens is 1. The number of nitrogens with zero attached hydrogens (tertiary/aromatic N) is 3. The molecule has 3 rings (SSSR count). The van der Waals surface area contributed by atoms with Gasteiger partial charge in [0.25, 0.3) is 11.8 Å². The van der Waals surface area contributed by atoms with Crippen molar-refractivity contribution < 1.29 is 9.21 Å².